The van der Waals surface area contributed by atoms with Gasteiger partial charge >= 0.3 is 0 Å². The van der Waals surface area contributed by atoms with E-state index in [1.807, 2.05) is 36.4 Å². The molecule has 20 heavy (non-hydrogen) atoms. The first-order valence-corrected chi connectivity index (χ1v) is 8.17. The fourth-order valence-corrected chi connectivity index (χ4v) is 3.24. The molecule has 5 heteroatoms. The second-order valence-electron chi connectivity index (χ2n) is 4.21. The van der Waals surface area contributed by atoms with Crippen LogP contribution in [0.2, 0.25) is 15.1 Å². The maximum Gasteiger partial charge on any atom is 0.0603 e. The lowest BCUT2D eigenvalue weighted by molar-refractivity contribution is 0.718. The van der Waals surface area contributed by atoms with E-state index in [1.165, 1.54) is 5.56 Å². The third-order valence-electron chi connectivity index (χ3n) is 2.71. The first-order chi connectivity index (χ1) is 9.60. The van der Waals surface area contributed by atoms with Gasteiger partial charge in [-0.25, -0.2) is 0 Å². The average molecular weight is 347 g/mol. The van der Waals surface area contributed by atoms with Gasteiger partial charge in [0.15, 0.2) is 0 Å². The Bertz CT molecular complexity index is 602. The molecule has 0 aliphatic rings. The van der Waals surface area contributed by atoms with Crippen molar-refractivity contribution in [3.05, 3.63) is 57.0 Å². The Balaban J connectivity index is 2.25. The Labute approximate surface area is 138 Å². The smallest absolute Gasteiger partial charge is 0.0603 e. The second kappa shape index (κ2) is 7.58. The van der Waals surface area contributed by atoms with Crippen LogP contribution in [-0.2, 0) is 6.54 Å². The maximum absolute atomic E-state index is 6.07. The molecule has 0 saturated heterocycles. The summed E-state index contributed by atoms with van der Waals surface area (Å²) < 4.78 is 0. The number of benzene rings is 2. The van der Waals surface area contributed by atoms with E-state index >= 15 is 0 Å². The summed E-state index contributed by atoms with van der Waals surface area (Å²) in [4.78, 5) is 2.22. The molecule has 0 aliphatic heterocycles. The van der Waals surface area contributed by atoms with Gasteiger partial charge in [-0.2, -0.15) is 0 Å². The van der Waals surface area contributed by atoms with Crippen LogP contribution in [0.25, 0.3) is 0 Å². The molecule has 0 amide bonds. The van der Waals surface area contributed by atoms with Gasteiger partial charge in [-0.1, -0.05) is 53.5 Å². The van der Waals surface area contributed by atoms with Crippen molar-refractivity contribution in [2.75, 3.05) is 6.54 Å². The molecule has 0 atom stereocenters. The first-order valence-electron chi connectivity index (χ1n) is 6.22. The lowest BCUT2D eigenvalue weighted by Crippen LogP contribution is -2.12. The van der Waals surface area contributed by atoms with Gasteiger partial charge in [0.1, 0.15) is 0 Å². The predicted octanol–water partition coefficient (Wildman–Crippen LogP) is 5.91. The van der Waals surface area contributed by atoms with E-state index in [0.29, 0.717) is 10.0 Å². The van der Waals surface area contributed by atoms with Gasteiger partial charge in [0.2, 0.25) is 0 Å². The van der Waals surface area contributed by atoms with Crippen LogP contribution in [0.15, 0.2) is 46.2 Å². The second-order valence-corrected chi connectivity index (χ2v) is 6.58. The molecule has 2 aromatic rings. The fraction of sp³-hybridized carbons (Fsp3) is 0.200. The number of halogens is 3. The summed E-state index contributed by atoms with van der Waals surface area (Å²) in [5, 5.41) is 5.20. The fourth-order valence-electron chi connectivity index (χ4n) is 1.71. The molecule has 0 saturated carbocycles. The van der Waals surface area contributed by atoms with E-state index in [9.17, 15) is 0 Å². The van der Waals surface area contributed by atoms with E-state index in [4.69, 9.17) is 34.8 Å². The average Bonchev–Trinajstić information content (AvgIpc) is 2.43. The Kier molecular flexibility index (Phi) is 6.06. The molecular weight excluding hydrogens is 333 g/mol. The largest absolute Gasteiger partial charge is 0.313 e. The third kappa shape index (κ3) is 4.31. The van der Waals surface area contributed by atoms with Crippen molar-refractivity contribution in [2.24, 2.45) is 0 Å². The van der Waals surface area contributed by atoms with Gasteiger partial charge in [-0.05, 0) is 48.5 Å². The van der Waals surface area contributed by atoms with E-state index < -0.39 is 0 Å². The molecule has 106 valence electrons. The normalized spacial score (nSPS) is 10.8. The molecule has 0 aliphatic carbocycles. The lowest BCUT2D eigenvalue weighted by Gasteiger charge is -2.11. The van der Waals surface area contributed by atoms with Gasteiger partial charge in [-0.3, -0.25) is 0 Å². The summed E-state index contributed by atoms with van der Waals surface area (Å²) in [7, 11) is 0. The van der Waals surface area contributed by atoms with Crippen molar-refractivity contribution < 1.29 is 0 Å². The molecule has 0 spiro atoms. The highest BCUT2D eigenvalue weighted by molar-refractivity contribution is 7.99. The molecule has 0 fully saturated rings. The highest BCUT2D eigenvalue weighted by atomic mass is 35.5. The Morgan fingerprint density at radius 3 is 2.50 bits per heavy atom. The number of nitrogens with one attached hydrogen (secondary N) is 1. The van der Waals surface area contributed by atoms with Crippen LogP contribution in [-0.4, -0.2) is 6.54 Å². The molecule has 1 N–H and O–H groups in total. The highest BCUT2D eigenvalue weighted by Gasteiger charge is 2.07. The van der Waals surface area contributed by atoms with Crippen LogP contribution in [0.4, 0.5) is 0 Å². The first kappa shape index (κ1) is 16.0. The molecule has 0 aromatic heterocycles. The van der Waals surface area contributed by atoms with Crippen LogP contribution in [0.3, 0.4) is 0 Å². The number of rotatable bonds is 5. The quantitative estimate of drug-likeness (QED) is 0.722. The van der Waals surface area contributed by atoms with Gasteiger partial charge in [0, 0.05) is 21.4 Å². The predicted molar refractivity (Wildman–Crippen MR) is 89.4 cm³/mol. The molecule has 2 rings (SSSR count). The monoisotopic (exact) mass is 345 g/mol. The molecule has 2 aromatic carbocycles. The van der Waals surface area contributed by atoms with E-state index in [-0.39, 0.29) is 0 Å². The van der Waals surface area contributed by atoms with Crippen LogP contribution < -0.4 is 5.32 Å². The van der Waals surface area contributed by atoms with Crippen LogP contribution in [0.1, 0.15) is 12.5 Å². The van der Waals surface area contributed by atoms with Crippen molar-refractivity contribution in [1.82, 2.24) is 5.32 Å². The minimum atomic E-state index is 0.568. The zero-order valence-corrected chi connectivity index (χ0v) is 14.0. The summed E-state index contributed by atoms with van der Waals surface area (Å²) in [5.41, 5.74) is 1.18. The van der Waals surface area contributed by atoms with Gasteiger partial charge < -0.3 is 5.32 Å². The summed E-state index contributed by atoms with van der Waals surface area (Å²) in [6.07, 6.45) is 0. The zero-order chi connectivity index (χ0) is 14.5. The Hall–Kier alpha value is -0.380. The van der Waals surface area contributed by atoms with Crippen molar-refractivity contribution in [2.45, 2.75) is 23.3 Å². The molecule has 0 heterocycles. The summed E-state index contributed by atoms with van der Waals surface area (Å²) in [6, 6.07) is 11.6. The van der Waals surface area contributed by atoms with Crippen LogP contribution in [0.5, 0.6) is 0 Å². The molecule has 0 unspecified atom stereocenters. The van der Waals surface area contributed by atoms with E-state index in [0.717, 1.165) is 27.9 Å². The van der Waals surface area contributed by atoms with Crippen molar-refractivity contribution in [1.29, 1.82) is 0 Å². The van der Waals surface area contributed by atoms with Gasteiger partial charge in [0.25, 0.3) is 0 Å². The SMILES string of the molecule is CCNCc1cc(Cl)ccc1Sc1ccc(Cl)c(Cl)c1. The molecular formula is C15H14Cl3NS. The van der Waals surface area contributed by atoms with E-state index in [1.54, 1.807) is 11.8 Å². The van der Waals surface area contributed by atoms with Crippen molar-refractivity contribution in [3.63, 3.8) is 0 Å². The summed E-state index contributed by atoms with van der Waals surface area (Å²) in [6.45, 7) is 3.79. The van der Waals surface area contributed by atoms with Crippen molar-refractivity contribution in [3.8, 4) is 0 Å². The highest BCUT2D eigenvalue weighted by Crippen LogP contribution is 2.35. The minimum Gasteiger partial charge on any atom is -0.313 e. The summed E-state index contributed by atoms with van der Waals surface area (Å²) in [5.74, 6) is 0. The Morgan fingerprint density at radius 1 is 1.00 bits per heavy atom. The lowest BCUT2D eigenvalue weighted by atomic mass is 10.2. The maximum atomic E-state index is 6.07. The Morgan fingerprint density at radius 2 is 1.80 bits per heavy atom. The van der Waals surface area contributed by atoms with Gasteiger partial charge in [0.05, 0.1) is 10.0 Å². The molecule has 1 nitrogen and oxygen atoms in total. The topological polar surface area (TPSA) is 12.0 Å². The molecule has 0 radical (unpaired) electrons. The number of hydrogen-bond donors (Lipinski definition) is 1. The minimum absolute atomic E-state index is 0.568. The summed E-state index contributed by atoms with van der Waals surface area (Å²) >= 11 is 19.7. The number of hydrogen-bond acceptors (Lipinski definition) is 2. The van der Waals surface area contributed by atoms with Gasteiger partial charge in [-0.15, -0.1) is 0 Å². The third-order valence-corrected chi connectivity index (χ3v) is 4.79. The van der Waals surface area contributed by atoms with Crippen LogP contribution in [0, 0.1) is 0 Å². The zero-order valence-electron chi connectivity index (χ0n) is 10.9. The molecule has 0 bridgehead atoms. The van der Waals surface area contributed by atoms with Crippen molar-refractivity contribution >= 4 is 46.6 Å². The van der Waals surface area contributed by atoms with Crippen LogP contribution >= 0.6 is 46.6 Å². The van der Waals surface area contributed by atoms with E-state index in [2.05, 4.69) is 12.2 Å². The standard InChI is InChI=1S/C15H14Cl3NS/c1-2-19-9-10-7-11(16)3-6-15(10)20-12-4-5-13(17)14(18)8-12/h3-8,19H,2,9H2,1H3.